The summed E-state index contributed by atoms with van der Waals surface area (Å²) in [5.41, 5.74) is -0.785. The van der Waals surface area contributed by atoms with Crippen LogP contribution in [0.1, 0.15) is 6.42 Å². The summed E-state index contributed by atoms with van der Waals surface area (Å²) in [6.45, 7) is 0. The Labute approximate surface area is 122 Å². The highest BCUT2D eigenvalue weighted by Gasteiger charge is 2.06. The summed E-state index contributed by atoms with van der Waals surface area (Å²) in [4.78, 5) is 35.8. The van der Waals surface area contributed by atoms with Gasteiger partial charge in [-0.15, -0.1) is 0 Å². The fraction of sp³-hybridized carbons (Fsp3) is 0.167. The minimum Gasteiger partial charge on any atom is -0.326 e. The minimum atomic E-state index is -0.682. The van der Waals surface area contributed by atoms with E-state index in [1.54, 1.807) is 0 Å². The molecule has 21 heavy (non-hydrogen) atoms. The Bertz CT molecular complexity index is 741. The van der Waals surface area contributed by atoms with E-state index in [0.717, 1.165) is 11.8 Å². The number of halogens is 1. The summed E-state index contributed by atoms with van der Waals surface area (Å²) in [6.07, 6.45) is 0.141. The fourth-order valence-electron chi connectivity index (χ4n) is 1.43. The van der Waals surface area contributed by atoms with Crippen molar-refractivity contribution in [1.82, 2.24) is 15.2 Å². The van der Waals surface area contributed by atoms with E-state index in [-0.39, 0.29) is 23.2 Å². The van der Waals surface area contributed by atoms with Crippen molar-refractivity contribution in [3.8, 4) is 0 Å². The van der Waals surface area contributed by atoms with Gasteiger partial charge in [0.05, 0.1) is 0 Å². The van der Waals surface area contributed by atoms with Gasteiger partial charge in [-0.2, -0.15) is 5.10 Å². The molecule has 0 atom stereocenters. The fourth-order valence-corrected chi connectivity index (χ4v) is 2.20. The van der Waals surface area contributed by atoms with E-state index in [1.165, 1.54) is 24.3 Å². The molecule has 0 aliphatic carbocycles. The molecule has 3 N–H and O–H groups in total. The summed E-state index contributed by atoms with van der Waals surface area (Å²) in [7, 11) is 0. The van der Waals surface area contributed by atoms with Gasteiger partial charge in [0.2, 0.25) is 5.91 Å². The summed E-state index contributed by atoms with van der Waals surface area (Å²) in [5.74, 6) is -0.336. The van der Waals surface area contributed by atoms with E-state index >= 15 is 0 Å². The highest BCUT2D eigenvalue weighted by Crippen LogP contribution is 2.12. The molecule has 110 valence electrons. The lowest BCUT2D eigenvalue weighted by Crippen LogP contribution is -2.25. The SMILES string of the molecule is O=C(CCSc1n[nH]c(=O)[nH]c1=O)Nc1ccc(F)cc1. The van der Waals surface area contributed by atoms with Crippen LogP contribution in [0.3, 0.4) is 0 Å². The number of hydrogen-bond donors (Lipinski definition) is 3. The number of nitrogens with one attached hydrogen (secondary N) is 3. The van der Waals surface area contributed by atoms with Crippen molar-refractivity contribution in [2.75, 3.05) is 11.1 Å². The summed E-state index contributed by atoms with van der Waals surface area (Å²) < 4.78 is 12.7. The second kappa shape index (κ2) is 6.84. The Balaban J connectivity index is 1.83. The van der Waals surface area contributed by atoms with E-state index in [4.69, 9.17) is 0 Å². The normalized spacial score (nSPS) is 10.3. The number of rotatable bonds is 5. The van der Waals surface area contributed by atoms with Crippen molar-refractivity contribution in [2.45, 2.75) is 11.4 Å². The second-order valence-electron chi connectivity index (χ2n) is 3.97. The molecule has 0 bridgehead atoms. The maximum atomic E-state index is 12.7. The lowest BCUT2D eigenvalue weighted by atomic mass is 10.3. The van der Waals surface area contributed by atoms with Crippen molar-refractivity contribution in [1.29, 1.82) is 0 Å². The van der Waals surface area contributed by atoms with Crippen LogP contribution >= 0.6 is 11.8 Å². The first-order chi connectivity index (χ1) is 10.0. The van der Waals surface area contributed by atoms with Gasteiger partial charge in [0, 0.05) is 17.9 Å². The molecule has 9 heteroatoms. The van der Waals surface area contributed by atoms with Crippen molar-refractivity contribution >= 4 is 23.4 Å². The van der Waals surface area contributed by atoms with E-state index in [2.05, 4.69) is 15.5 Å². The number of aromatic amines is 2. The van der Waals surface area contributed by atoms with Crippen molar-refractivity contribution < 1.29 is 9.18 Å². The van der Waals surface area contributed by atoms with Gasteiger partial charge in [-0.1, -0.05) is 11.8 Å². The van der Waals surface area contributed by atoms with Crippen LogP contribution in [-0.4, -0.2) is 26.8 Å². The number of aromatic nitrogens is 3. The molecular formula is C12H11FN4O3S. The quantitative estimate of drug-likeness (QED) is 0.705. The van der Waals surface area contributed by atoms with Crippen LogP contribution in [0.5, 0.6) is 0 Å². The molecule has 0 radical (unpaired) electrons. The maximum absolute atomic E-state index is 12.7. The molecule has 0 aliphatic rings. The number of thioether (sulfide) groups is 1. The molecule has 1 aromatic heterocycles. The Kier molecular flexibility index (Phi) is 4.88. The Hall–Kier alpha value is -2.42. The molecule has 0 saturated carbocycles. The Morgan fingerprint density at radius 1 is 1.29 bits per heavy atom. The van der Waals surface area contributed by atoms with Gasteiger partial charge in [-0.3, -0.25) is 14.6 Å². The van der Waals surface area contributed by atoms with Crippen molar-refractivity contribution in [3.63, 3.8) is 0 Å². The van der Waals surface area contributed by atoms with E-state index in [9.17, 15) is 18.8 Å². The Morgan fingerprint density at radius 3 is 2.67 bits per heavy atom. The summed E-state index contributed by atoms with van der Waals surface area (Å²) >= 11 is 1.05. The first-order valence-corrected chi connectivity index (χ1v) is 6.90. The molecule has 1 heterocycles. The average molecular weight is 310 g/mol. The first kappa shape index (κ1) is 15.0. The first-order valence-electron chi connectivity index (χ1n) is 5.92. The molecule has 2 aromatic rings. The molecule has 0 spiro atoms. The highest BCUT2D eigenvalue weighted by molar-refractivity contribution is 7.99. The Morgan fingerprint density at radius 2 is 2.00 bits per heavy atom. The predicted molar refractivity (Wildman–Crippen MR) is 75.8 cm³/mol. The third-order valence-electron chi connectivity index (χ3n) is 2.38. The number of benzene rings is 1. The van der Waals surface area contributed by atoms with Crippen LogP contribution in [0.25, 0.3) is 0 Å². The zero-order valence-electron chi connectivity index (χ0n) is 10.7. The van der Waals surface area contributed by atoms with Crippen molar-refractivity contribution in [2.24, 2.45) is 0 Å². The molecule has 0 aliphatic heterocycles. The molecule has 1 amide bonds. The van der Waals surface area contributed by atoms with Crippen LogP contribution in [0.4, 0.5) is 10.1 Å². The molecular weight excluding hydrogens is 299 g/mol. The van der Waals surface area contributed by atoms with Crippen LogP contribution in [-0.2, 0) is 4.79 Å². The number of anilines is 1. The van der Waals surface area contributed by atoms with Crippen LogP contribution in [0, 0.1) is 5.82 Å². The lowest BCUT2D eigenvalue weighted by molar-refractivity contribution is -0.115. The third kappa shape index (κ3) is 4.56. The number of hydrogen-bond acceptors (Lipinski definition) is 5. The standard InChI is InChI=1S/C12H11FN4O3S/c13-7-1-3-8(4-2-7)14-9(18)5-6-21-11-10(19)15-12(20)17-16-11/h1-4H,5-6H2,(H,14,18)(H2,15,17,19,20). The summed E-state index contributed by atoms with van der Waals surface area (Å²) in [6, 6.07) is 5.39. The van der Waals surface area contributed by atoms with Gasteiger partial charge < -0.3 is 5.32 Å². The molecule has 0 fully saturated rings. The number of H-pyrrole nitrogens is 2. The van der Waals surface area contributed by atoms with Gasteiger partial charge in [0.25, 0.3) is 5.56 Å². The maximum Gasteiger partial charge on any atom is 0.342 e. The van der Waals surface area contributed by atoms with Crippen molar-refractivity contribution in [3.05, 3.63) is 50.9 Å². The van der Waals surface area contributed by atoms with Gasteiger partial charge >= 0.3 is 5.69 Å². The van der Waals surface area contributed by atoms with Crippen LogP contribution in [0.15, 0.2) is 38.9 Å². The zero-order chi connectivity index (χ0) is 15.2. The van der Waals surface area contributed by atoms with Gasteiger partial charge in [0.15, 0.2) is 5.03 Å². The van der Waals surface area contributed by atoms with E-state index in [0.29, 0.717) is 11.4 Å². The number of carbonyl (C=O) groups is 1. The van der Waals surface area contributed by atoms with E-state index < -0.39 is 11.2 Å². The van der Waals surface area contributed by atoms with Gasteiger partial charge in [-0.25, -0.2) is 14.3 Å². The lowest BCUT2D eigenvalue weighted by Gasteiger charge is -2.04. The number of amides is 1. The largest absolute Gasteiger partial charge is 0.342 e. The molecule has 2 rings (SSSR count). The molecule has 0 unspecified atom stereocenters. The molecule has 1 aromatic carbocycles. The highest BCUT2D eigenvalue weighted by atomic mass is 32.2. The summed E-state index contributed by atoms with van der Waals surface area (Å²) in [5, 5.41) is 8.37. The number of carbonyl (C=O) groups excluding carboxylic acids is 1. The minimum absolute atomic E-state index is 0.0872. The van der Waals surface area contributed by atoms with E-state index in [1.807, 2.05) is 4.98 Å². The molecule has 7 nitrogen and oxygen atoms in total. The topological polar surface area (TPSA) is 108 Å². The second-order valence-corrected chi connectivity index (χ2v) is 5.05. The van der Waals surface area contributed by atoms with Gasteiger partial charge in [-0.05, 0) is 24.3 Å². The smallest absolute Gasteiger partial charge is 0.326 e. The molecule has 0 saturated heterocycles. The third-order valence-corrected chi connectivity index (χ3v) is 3.33. The predicted octanol–water partition coefficient (Wildman–Crippen LogP) is 0.718. The van der Waals surface area contributed by atoms with Crippen LogP contribution < -0.4 is 16.6 Å². The monoisotopic (exact) mass is 310 g/mol. The average Bonchev–Trinajstić information content (AvgIpc) is 2.44. The van der Waals surface area contributed by atoms with Crippen LogP contribution in [0.2, 0.25) is 0 Å². The number of nitrogens with zero attached hydrogens (tertiary/aromatic N) is 1. The van der Waals surface area contributed by atoms with Gasteiger partial charge in [0.1, 0.15) is 5.82 Å². The zero-order valence-corrected chi connectivity index (χ0v) is 11.5.